The Morgan fingerprint density at radius 1 is 0.767 bits per heavy atom. The average Bonchev–Trinajstić information content (AvgIpc) is 2.70. The van der Waals surface area contributed by atoms with Crippen LogP contribution in [0.5, 0.6) is 5.75 Å². The topological polar surface area (TPSA) is 61.3 Å². The molecule has 30 heavy (non-hydrogen) atoms. The van der Waals surface area contributed by atoms with Gasteiger partial charge in [-0.15, -0.1) is 24.8 Å². The summed E-state index contributed by atoms with van der Waals surface area (Å²) in [5.74, 6) is -0.0379. The molecule has 0 heterocycles. The number of rotatable bonds is 8. The Morgan fingerprint density at radius 2 is 1.30 bits per heavy atom. The van der Waals surface area contributed by atoms with Crippen molar-refractivity contribution in [1.82, 2.24) is 0 Å². The summed E-state index contributed by atoms with van der Waals surface area (Å²) in [4.78, 5) is 0. The number of nitrogens with two attached hydrogens (primary N) is 2. The molecule has 7 heteroatoms. The summed E-state index contributed by atoms with van der Waals surface area (Å²) in [6.45, 7) is 0.932. The van der Waals surface area contributed by atoms with Crippen LogP contribution in [0.4, 0.5) is 8.78 Å². The SMILES string of the molecule is Cl.Cl.NCCC[C@@H](N)COc1cc(-c2cccc(F)c2)cc(-c2cccc(F)c2)c1. The Kier molecular flexibility index (Phi) is 10.8. The van der Waals surface area contributed by atoms with E-state index in [-0.39, 0.29) is 42.5 Å². The van der Waals surface area contributed by atoms with Gasteiger partial charge in [0, 0.05) is 6.04 Å². The maximum atomic E-state index is 13.7. The molecule has 0 unspecified atom stereocenters. The molecule has 0 aromatic heterocycles. The van der Waals surface area contributed by atoms with Crippen LogP contribution in [0.1, 0.15) is 12.8 Å². The molecule has 3 aromatic rings. The van der Waals surface area contributed by atoms with Crippen LogP contribution in [0, 0.1) is 11.6 Å². The number of ether oxygens (including phenoxy) is 1. The second-order valence-corrected chi connectivity index (χ2v) is 6.77. The fraction of sp³-hybridized carbons (Fsp3) is 0.217. The van der Waals surface area contributed by atoms with E-state index in [0.29, 0.717) is 18.9 Å². The number of halogens is 4. The molecule has 1 atom stereocenters. The van der Waals surface area contributed by atoms with Gasteiger partial charge in [-0.1, -0.05) is 24.3 Å². The quantitative estimate of drug-likeness (QED) is 0.466. The van der Waals surface area contributed by atoms with Gasteiger partial charge >= 0.3 is 0 Å². The molecular weight excluding hydrogens is 429 g/mol. The first-order chi connectivity index (χ1) is 13.5. The predicted octanol–water partition coefficient (Wildman–Crippen LogP) is 5.59. The largest absolute Gasteiger partial charge is 0.492 e. The van der Waals surface area contributed by atoms with Crippen LogP contribution in [0.3, 0.4) is 0 Å². The van der Waals surface area contributed by atoms with Crippen molar-refractivity contribution < 1.29 is 13.5 Å². The van der Waals surface area contributed by atoms with Gasteiger partial charge in [0.25, 0.3) is 0 Å². The third-order valence-electron chi connectivity index (χ3n) is 4.47. The molecule has 0 saturated carbocycles. The Labute approximate surface area is 188 Å². The van der Waals surface area contributed by atoms with Gasteiger partial charge in [-0.3, -0.25) is 0 Å². The third kappa shape index (κ3) is 7.26. The van der Waals surface area contributed by atoms with Gasteiger partial charge in [-0.2, -0.15) is 0 Å². The molecule has 0 aliphatic rings. The van der Waals surface area contributed by atoms with Crippen molar-refractivity contribution in [2.45, 2.75) is 18.9 Å². The minimum absolute atomic E-state index is 0. The molecule has 0 fully saturated rings. The highest BCUT2D eigenvalue weighted by atomic mass is 35.5. The Bertz CT molecular complexity index is 877. The molecule has 0 spiro atoms. The lowest BCUT2D eigenvalue weighted by molar-refractivity contribution is 0.281. The zero-order valence-corrected chi connectivity index (χ0v) is 18.0. The minimum atomic E-state index is -0.320. The third-order valence-corrected chi connectivity index (χ3v) is 4.47. The average molecular weight is 455 g/mol. The van der Waals surface area contributed by atoms with Crippen molar-refractivity contribution in [3.8, 4) is 28.0 Å². The minimum Gasteiger partial charge on any atom is -0.492 e. The molecule has 4 N–H and O–H groups in total. The molecule has 0 aliphatic carbocycles. The van der Waals surface area contributed by atoms with Crippen LogP contribution >= 0.6 is 24.8 Å². The predicted molar refractivity (Wildman–Crippen MR) is 123 cm³/mol. The van der Waals surface area contributed by atoms with E-state index in [1.807, 2.05) is 30.3 Å². The van der Waals surface area contributed by atoms with E-state index >= 15 is 0 Å². The lowest BCUT2D eigenvalue weighted by Crippen LogP contribution is -2.28. The van der Waals surface area contributed by atoms with Crippen molar-refractivity contribution in [2.75, 3.05) is 13.2 Å². The maximum absolute atomic E-state index is 13.7. The second kappa shape index (κ2) is 12.5. The summed E-state index contributed by atoms with van der Waals surface area (Å²) in [6.07, 6.45) is 1.61. The summed E-state index contributed by atoms with van der Waals surface area (Å²) in [5.41, 5.74) is 14.6. The van der Waals surface area contributed by atoms with E-state index in [1.165, 1.54) is 24.3 Å². The van der Waals surface area contributed by atoms with Crippen molar-refractivity contribution in [3.63, 3.8) is 0 Å². The molecule has 3 aromatic carbocycles. The first-order valence-electron chi connectivity index (χ1n) is 9.30. The standard InChI is InChI=1S/C23H24F2N2O.2ClH/c24-20-6-1-4-16(11-20)18-10-19(17-5-2-7-21(25)12-17)14-23(13-18)28-15-22(27)8-3-9-26;;/h1-2,4-7,10-14,22H,3,8-9,15,26-27H2;2*1H/t22-;;/m1../s1. The lowest BCUT2D eigenvalue weighted by Gasteiger charge is -2.15. The highest BCUT2D eigenvalue weighted by molar-refractivity contribution is 5.85. The van der Waals surface area contributed by atoms with E-state index in [0.717, 1.165) is 35.1 Å². The molecular formula is C23H26Cl2F2N2O. The van der Waals surface area contributed by atoms with Crippen molar-refractivity contribution >= 4 is 24.8 Å². The Balaban J connectivity index is 0.00000225. The summed E-state index contributed by atoms with van der Waals surface area (Å²) in [7, 11) is 0. The van der Waals surface area contributed by atoms with Gasteiger partial charge in [0.05, 0.1) is 0 Å². The molecule has 0 amide bonds. The zero-order valence-electron chi connectivity index (χ0n) is 16.4. The summed E-state index contributed by atoms with van der Waals surface area (Å²) in [6, 6.07) is 18.1. The van der Waals surface area contributed by atoms with Crippen LogP contribution < -0.4 is 16.2 Å². The lowest BCUT2D eigenvalue weighted by atomic mass is 9.98. The first-order valence-corrected chi connectivity index (χ1v) is 9.30. The summed E-state index contributed by atoms with van der Waals surface area (Å²) < 4.78 is 33.3. The summed E-state index contributed by atoms with van der Waals surface area (Å²) >= 11 is 0. The highest BCUT2D eigenvalue weighted by Crippen LogP contribution is 2.32. The van der Waals surface area contributed by atoms with E-state index in [1.54, 1.807) is 12.1 Å². The van der Waals surface area contributed by atoms with Crippen molar-refractivity contribution in [1.29, 1.82) is 0 Å². The van der Waals surface area contributed by atoms with Gasteiger partial charge in [-0.05, 0) is 84.1 Å². The normalized spacial score (nSPS) is 11.2. The first kappa shape index (κ1) is 25.9. The van der Waals surface area contributed by atoms with Gasteiger partial charge < -0.3 is 16.2 Å². The monoisotopic (exact) mass is 454 g/mol. The molecule has 3 nitrogen and oxygen atoms in total. The molecule has 0 bridgehead atoms. The molecule has 0 saturated heterocycles. The number of hydrogen-bond donors (Lipinski definition) is 2. The summed E-state index contributed by atoms with van der Waals surface area (Å²) in [5, 5.41) is 0. The maximum Gasteiger partial charge on any atom is 0.123 e. The molecule has 0 radical (unpaired) electrons. The fourth-order valence-electron chi connectivity index (χ4n) is 3.02. The van der Waals surface area contributed by atoms with E-state index in [4.69, 9.17) is 16.2 Å². The van der Waals surface area contributed by atoms with Crippen LogP contribution in [0.25, 0.3) is 22.3 Å². The van der Waals surface area contributed by atoms with Crippen LogP contribution in [-0.4, -0.2) is 19.2 Å². The van der Waals surface area contributed by atoms with Gasteiger partial charge in [-0.25, -0.2) is 8.78 Å². The van der Waals surface area contributed by atoms with Crippen molar-refractivity contribution in [2.24, 2.45) is 11.5 Å². The second-order valence-electron chi connectivity index (χ2n) is 6.77. The van der Waals surface area contributed by atoms with Crippen LogP contribution in [-0.2, 0) is 0 Å². The number of hydrogen-bond acceptors (Lipinski definition) is 3. The Hall–Kier alpha value is -2.18. The van der Waals surface area contributed by atoms with E-state index < -0.39 is 0 Å². The van der Waals surface area contributed by atoms with Crippen LogP contribution in [0.2, 0.25) is 0 Å². The molecule has 0 aliphatic heterocycles. The van der Waals surface area contributed by atoms with E-state index in [2.05, 4.69) is 0 Å². The Morgan fingerprint density at radius 3 is 1.77 bits per heavy atom. The van der Waals surface area contributed by atoms with Gasteiger partial charge in [0.2, 0.25) is 0 Å². The smallest absolute Gasteiger partial charge is 0.123 e. The van der Waals surface area contributed by atoms with E-state index in [9.17, 15) is 8.78 Å². The van der Waals surface area contributed by atoms with Crippen molar-refractivity contribution in [3.05, 3.63) is 78.4 Å². The zero-order chi connectivity index (χ0) is 19.9. The fourth-order valence-corrected chi connectivity index (χ4v) is 3.02. The van der Waals surface area contributed by atoms with Gasteiger partial charge in [0.15, 0.2) is 0 Å². The van der Waals surface area contributed by atoms with Gasteiger partial charge in [0.1, 0.15) is 24.0 Å². The molecule has 162 valence electrons. The van der Waals surface area contributed by atoms with Crippen LogP contribution in [0.15, 0.2) is 66.7 Å². The molecule has 3 rings (SSSR count). The number of benzene rings is 3. The highest BCUT2D eigenvalue weighted by Gasteiger charge is 2.10.